The molecule has 0 bridgehead atoms. The predicted octanol–water partition coefficient (Wildman–Crippen LogP) is 2.41. The Bertz CT molecular complexity index is 772. The largest absolute Gasteiger partial charge is 0.325 e. The van der Waals surface area contributed by atoms with Crippen LogP contribution in [-0.4, -0.2) is 34.8 Å². The van der Waals surface area contributed by atoms with Crippen LogP contribution in [0.3, 0.4) is 0 Å². The number of hydrogen-bond donors (Lipinski definition) is 2. The summed E-state index contributed by atoms with van der Waals surface area (Å²) in [7, 11) is 0. The fourth-order valence-electron chi connectivity index (χ4n) is 2.69. The number of amides is 2. The van der Waals surface area contributed by atoms with Crippen molar-refractivity contribution >= 4 is 34.0 Å². The molecule has 0 unspecified atom stereocenters. The lowest BCUT2D eigenvalue weighted by atomic mass is 10.1. The number of rotatable bonds is 4. The second kappa shape index (κ2) is 7.11. The standard InChI is InChI=1S/C17H20N4O2S/c1-11-5-3-4-6-13(11)19-16(23)10-21-8-7-14-15(9-21)24-17(20-14)18-12(2)22/h3-6H,7-10H2,1-2H3,(H,19,23)(H,18,20,22). The van der Waals surface area contributed by atoms with Crippen LogP contribution in [0.2, 0.25) is 0 Å². The summed E-state index contributed by atoms with van der Waals surface area (Å²) in [5.74, 6) is -0.130. The van der Waals surface area contributed by atoms with Crippen molar-refractivity contribution in [2.75, 3.05) is 23.7 Å². The monoisotopic (exact) mass is 344 g/mol. The molecule has 0 spiro atoms. The van der Waals surface area contributed by atoms with Crippen LogP contribution < -0.4 is 10.6 Å². The van der Waals surface area contributed by atoms with Crippen LogP contribution in [0, 0.1) is 6.92 Å². The number of carbonyl (C=O) groups is 2. The third-order valence-corrected chi connectivity index (χ3v) is 4.88. The summed E-state index contributed by atoms with van der Waals surface area (Å²) in [5, 5.41) is 6.33. The number of thiazole rings is 1. The molecular weight excluding hydrogens is 324 g/mol. The van der Waals surface area contributed by atoms with Gasteiger partial charge in [0, 0.05) is 37.0 Å². The van der Waals surface area contributed by atoms with Gasteiger partial charge in [-0.05, 0) is 18.6 Å². The van der Waals surface area contributed by atoms with E-state index in [0.29, 0.717) is 18.2 Å². The van der Waals surface area contributed by atoms with Crippen LogP contribution in [0.15, 0.2) is 24.3 Å². The molecule has 0 atom stereocenters. The van der Waals surface area contributed by atoms with Crippen LogP contribution in [0.4, 0.5) is 10.8 Å². The fourth-order valence-corrected chi connectivity index (χ4v) is 3.79. The maximum Gasteiger partial charge on any atom is 0.238 e. The van der Waals surface area contributed by atoms with Gasteiger partial charge in [0.15, 0.2) is 5.13 Å². The van der Waals surface area contributed by atoms with Crippen molar-refractivity contribution < 1.29 is 9.59 Å². The van der Waals surface area contributed by atoms with Crippen molar-refractivity contribution in [2.45, 2.75) is 26.8 Å². The average Bonchev–Trinajstić information content (AvgIpc) is 2.90. The highest BCUT2D eigenvalue weighted by Crippen LogP contribution is 2.28. The van der Waals surface area contributed by atoms with E-state index in [1.165, 1.54) is 18.3 Å². The molecule has 2 aromatic rings. The molecule has 1 aliphatic rings. The van der Waals surface area contributed by atoms with Gasteiger partial charge in [-0.15, -0.1) is 11.3 Å². The summed E-state index contributed by atoms with van der Waals surface area (Å²) in [6.45, 7) is 5.28. The maximum absolute atomic E-state index is 12.3. The highest BCUT2D eigenvalue weighted by molar-refractivity contribution is 7.15. The van der Waals surface area contributed by atoms with Crippen LogP contribution >= 0.6 is 11.3 Å². The first-order valence-corrected chi connectivity index (χ1v) is 8.67. The molecule has 0 fully saturated rings. The summed E-state index contributed by atoms with van der Waals surface area (Å²) in [6, 6.07) is 7.75. The summed E-state index contributed by atoms with van der Waals surface area (Å²) >= 11 is 1.48. The van der Waals surface area contributed by atoms with E-state index in [4.69, 9.17) is 0 Å². The number of anilines is 2. The Balaban J connectivity index is 1.59. The van der Waals surface area contributed by atoms with Crippen LogP contribution in [0.5, 0.6) is 0 Å². The molecule has 1 aromatic heterocycles. The molecule has 7 heteroatoms. The second-order valence-electron chi connectivity index (χ2n) is 5.89. The lowest BCUT2D eigenvalue weighted by Gasteiger charge is -2.25. The number of nitrogens with zero attached hydrogens (tertiary/aromatic N) is 2. The molecule has 0 saturated heterocycles. The SMILES string of the molecule is CC(=O)Nc1nc2c(s1)CN(CC(=O)Nc1ccccc1C)CC2. The number of aromatic nitrogens is 1. The molecular formula is C17H20N4O2S. The molecule has 2 amide bonds. The van der Waals surface area contributed by atoms with Crippen molar-refractivity contribution in [3.8, 4) is 0 Å². The van der Waals surface area contributed by atoms with E-state index in [1.54, 1.807) is 0 Å². The molecule has 3 rings (SSSR count). The summed E-state index contributed by atoms with van der Waals surface area (Å²) < 4.78 is 0. The Morgan fingerprint density at radius 1 is 1.29 bits per heavy atom. The van der Waals surface area contributed by atoms with E-state index in [2.05, 4.69) is 20.5 Å². The summed E-state index contributed by atoms with van der Waals surface area (Å²) in [5.41, 5.74) is 2.93. The van der Waals surface area contributed by atoms with Gasteiger partial charge in [0.05, 0.1) is 12.2 Å². The van der Waals surface area contributed by atoms with Gasteiger partial charge in [0.25, 0.3) is 0 Å². The van der Waals surface area contributed by atoms with Crippen molar-refractivity contribution in [3.63, 3.8) is 0 Å². The van der Waals surface area contributed by atoms with E-state index in [1.807, 2.05) is 31.2 Å². The number of para-hydroxylation sites is 1. The van der Waals surface area contributed by atoms with Gasteiger partial charge in [0.2, 0.25) is 11.8 Å². The summed E-state index contributed by atoms with van der Waals surface area (Å²) in [6.07, 6.45) is 0.795. The van der Waals surface area contributed by atoms with Crippen molar-refractivity contribution in [3.05, 3.63) is 40.4 Å². The number of aryl methyl sites for hydroxylation is 1. The van der Waals surface area contributed by atoms with Gasteiger partial charge < -0.3 is 10.6 Å². The van der Waals surface area contributed by atoms with Gasteiger partial charge >= 0.3 is 0 Å². The lowest BCUT2D eigenvalue weighted by molar-refractivity contribution is -0.117. The molecule has 126 valence electrons. The first-order chi connectivity index (χ1) is 11.5. The molecule has 2 N–H and O–H groups in total. The second-order valence-corrected chi connectivity index (χ2v) is 6.98. The average molecular weight is 344 g/mol. The minimum atomic E-state index is -0.115. The van der Waals surface area contributed by atoms with E-state index in [0.717, 1.165) is 34.8 Å². The van der Waals surface area contributed by atoms with E-state index in [-0.39, 0.29) is 11.8 Å². The molecule has 2 heterocycles. The molecule has 0 aliphatic carbocycles. The van der Waals surface area contributed by atoms with Gasteiger partial charge in [-0.2, -0.15) is 0 Å². The summed E-state index contributed by atoms with van der Waals surface area (Å²) in [4.78, 5) is 31.1. The minimum Gasteiger partial charge on any atom is -0.325 e. The normalized spacial score (nSPS) is 14.1. The Morgan fingerprint density at radius 2 is 2.08 bits per heavy atom. The highest BCUT2D eigenvalue weighted by Gasteiger charge is 2.22. The van der Waals surface area contributed by atoms with Crippen molar-refractivity contribution in [1.82, 2.24) is 9.88 Å². The van der Waals surface area contributed by atoms with E-state index in [9.17, 15) is 9.59 Å². The molecule has 24 heavy (non-hydrogen) atoms. The van der Waals surface area contributed by atoms with Gasteiger partial charge in [0.1, 0.15) is 0 Å². The molecule has 6 nitrogen and oxygen atoms in total. The number of carbonyl (C=O) groups excluding carboxylic acids is 2. The third-order valence-electron chi connectivity index (χ3n) is 3.88. The highest BCUT2D eigenvalue weighted by atomic mass is 32.1. The van der Waals surface area contributed by atoms with Gasteiger partial charge in [-0.25, -0.2) is 4.98 Å². The first kappa shape index (κ1) is 16.6. The van der Waals surface area contributed by atoms with Gasteiger partial charge in [-0.1, -0.05) is 18.2 Å². The van der Waals surface area contributed by atoms with Crippen LogP contribution in [-0.2, 0) is 22.6 Å². The zero-order valence-electron chi connectivity index (χ0n) is 13.8. The number of fused-ring (bicyclic) bond motifs is 1. The van der Waals surface area contributed by atoms with Crippen molar-refractivity contribution in [2.24, 2.45) is 0 Å². The number of hydrogen-bond acceptors (Lipinski definition) is 5. The van der Waals surface area contributed by atoms with Crippen molar-refractivity contribution in [1.29, 1.82) is 0 Å². The number of nitrogens with one attached hydrogen (secondary N) is 2. The topological polar surface area (TPSA) is 74.3 Å². The van der Waals surface area contributed by atoms with E-state index < -0.39 is 0 Å². The molecule has 1 aliphatic heterocycles. The Labute approximate surface area is 144 Å². The molecule has 0 saturated carbocycles. The van der Waals surface area contributed by atoms with E-state index >= 15 is 0 Å². The minimum absolute atomic E-state index is 0.0145. The zero-order chi connectivity index (χ0) is 17.1. The smallest absolute Gasteiger partial charge is 0.238 e. The predicted molar refractivity (Wildman–Crippen MR) is 95.2 cm³/mol. The lowest BCUT2D eigenvalue weighted by Crippen LogP contribution is -2.36. The molecule has 0 radical (unpaired) electrons. The van der Waals surface area contributed by atoms with Crippen LogP contribution in [0.1, 0.15) is 23.1 Å². The zero-order valence-corrected chi connectivity index (χ0v) is 14.6. The third kappa shape index (κ3) is 3.98. The fraction of sp³-hybridized carbons (Fsp3) is 0.353. The Kier molecular flexibility index (Phi) is 4.92. The Hall–Kier alpha value is -2.25. The molecule has 1 aromatic carbocycles. The van der Waals surface area contributed by atoms with Gasteiger partial charge in [-0.3, -0.25) is 14.5 Å². The first-order valence-electron chi connectivity index (χ1n) is 7.85. The van der Waals surface area contributed by atoms with Crippen LogP contribution in [0.25, 0.3) is 0 Å². The maximum atomic E-state index is 12.3. The Morgan fingerprint density at radius 3 is 2.83 bits per heavy atom. The quantitative estimate of drug-likeness (QED) is 0.893. The number of benzene rings is 1.